The fraction of sp³-hybridized carbons (Fsp3) is 0.462. The molecular weight excluding hydrogens is 286 g/mol. The van der Waals surface area contributed by atoms with Crippen molar-refractivity contribution in [3.63, 3.8) is 0 Å². The van der Waals surface area contributed by atoms with E-state index < -0.39 is 6.04 Å². The zero-order valence-corrected chi connectivity index (χ0v) is 12.4. The second kappa shape index (κ2) is 9.07. The van der Waals surface area contributed by atoms with E-state index in [0.29, 0.717) is 29.7 Å². The van der Waals surface area contributed by atoms with Gasteiger partial charge in [0.2, 0.25) is 0 Å². The third-order valence-corrected chi connectivity index (χ3v) is 3.57. The van der Waals surface area contributed by atoms with Crippen LogP contribution in [0.5, 0.6) is 5.75 Å². The van der Waals surface area contributed by atoms with Crippen molar-refractivity contribution >= 4 is 29.3 Å². The minimum atomic E-state index is -0.578. The van der Waals surface area contributed by atoms with Crippen molar-refractivity contribution in [2.75, 3.05) is 24.7 Å². The first-order valence-corrected chi connectivity index (χ1v) is 7.55. The molecule has 0 saturated heterocycles. The molecule has 0 fully saturated rings. The maximum Gasteiger partial charge on any atom is 0.323 e. The highest BCUT2D eigenvalue weighted by Crippen LogP contribution is 2.23. The number of carbonyl (C=O) groups is 1. The molecule has 0 aromatic heterocycles. The van der Waals surface area contributed by atoms with Gasteiger partial charge in [-0.25, -0.2) is 0 Å². The van der Waals surface area contributed by atoms with E-state index in [4.69, 9.17) is 26.8 Å². The molecule has 0 aliphatic carbocycles. The van der Waals surface area contributed by atoms with Crippen LogP contribution < -0.4 is 10.5 Å². The molecule has 0 bridgehead atoms. The maximum absolute atomic E-state index is 11.3. The van der Waals surface area contributed by atoms with Crippen LogP contribution in [-0.2, 0) is 9.53 Å². The zero-order chi connectivity index (χ0) is 14.1. The lowest BCUT2D eigenvalue weighted by molar-refractivity contribution is -0.144. The van der Waals surface area contributed by atoms with Gasteiger partial charge >= 0.3 is 5.97 Å². The molecular formula is C13H18ClNO3S. The van der Waals surface area contributed by atoms with Gasteiger partial charge in [0.1, 0.15) is 11.8 Å². The third-order valence-electron chi connectivity index (χ3n) is 2.21. The molecule has 106 valence electrons. The normalized spacial score (nSPS) is 11.9. The molecule has 2 N–H and O–H groups in total. The Balaban J connectivity index is 2.15. The molecule has 1 rings (SSSR count). The Morgan fingerprint density at radius 1 is 1.47 bits per heavy atom. The first-order chi connectivity index (χ1) is 9.15. The molecule has 0 aliphatic rings. The van der Waals surface area contributed by atoms with Gasteiger partial charge in [0.05, 0.1) is 18.2 Å². The molecule has 0 heterocycles. The number of rotatable bonds is 8. The Morgan fingerprint density at radius 3 is 2.89 bits per heavy atom. The van der Waals surface area contributed by atoms with Crippen LogP contribution in [0.2, 0.25) is 5.02 Å². The SMILES string of the molecule is CCOC(=O)C(N)CSCCOc1ccccc1Cl. The molecule has 4 nitrogen and oxygen atoms in total. The molecule has 0 saturated carbocycles. The molecule has 0 spiro atoms. The predicted molar refractivity (Wildman–Crippen MR) is 78.9 cm³/mol. The van der Waals surface area contributed by atoms with E-state index >= 15 is 0 Å². The number of benzene rings is 1. The van der Waals surface area contributed by atoms with Gasteiger partial charge in [-0.3, -0.25) is 4.79 Å². The van der Waals surface area contributed by atoms with E-state index in [1.54, 1.807) is 24.8 Å². The lowest BCUT2D eigenvalue weighted by atomic mass is 10.3. The fourth-order valence-corrected chi connectivity index (χ4v) is 2.25. The van der Waals surface area contributed by atoms with Crippen LogP contribution >= 0.6 is 23.4 Å². The van der Waals surface area contributed by atoms with Gasteiger partial charge in [-0.05, 0) is 19.1 Å². The summed E-state index contributed by atoms with van der Waals surface area (Å²) in [5.74, 6) is 1.56. The first kappa shape index (κ1) is 16.1. The minimum Gasteiger partial charge on any atom is -0.491 e. The van der Waals surface area contributed by atoms with Crippen molar-refractivity contribution in [3.8, 4) is 5.75 Å². The molecule has 19 heavy (non-hydrogen) atoms. The molecule has 0 amide bonds. The van der Waals surface area contributed by atoms with Gasteiger partial charge in [-0.2, -0.15) is 11.8 Å². The van der Waals surface area contributed by atoms with Crippen molar-refractivity contribution in [2.45, 2.75) is 13.0 Å². The van der Waals surface area contributed by atoms with E-state index in [9.17, 15) is 4.79 Å². The summed E-state index contributed by atoms with van der Waals surface area (Å²) >= 11 is 7.50. The zero-order valence-electron chi connectivity index (χ0n) is 10.8. The van der Waals surface area contributed by atoms with Crippen LogP contribution in [0.1, 0.15) is 6.92 Å². The average molecular weight is 304 g/mol. The topological polar surface area (TPSA) is 61.5 Å². The number of halogens is 1. The highest BCUT2D eigenvalue weighted by atomic mass is 35.5. The summed E-state index contributed by atoms with van der Waals surface area (Å²) in [7, 11) is 0. The lowest BCUT2D eigenvalue weighted by Gasteiger charge is -2.11. The molecule has 0 radical (unpaired) electrons. The summed E-state index contributed by atoms with van der Waals surface area (Å²) in [4.78, 5) is 11.3. The van der Waals surface area contributed by atoms with Crippen molar-refractivity contribution in [3.05, 3.63) is 29.3 Å². The summed E-state index contributed by atoms with van der Waals surface area (Å²) in [6.07, 6.45) is 0. The number of para-hydroxylation sites is 1. The van der Waals surface area contributed by atoms with Crippen LogP contribution in [0.25, 0.3) is 0 Å². The van der Waals surface area contributed by atoms with E-state index in [0.717, 1.165) is 5.75 Å². The summed E-state index contributed by atoms with van der Waals surface area (Å²) in [5.41, 5.74) is 5.66. The average Bonchev–Trinajstić information content (AvgIpc) is 2.40. The fourth-order valence-electron chi connectivity index (χ4n) is 1.30. The largest absolute Gasteiger partial charge is 0.491 e. The standard InChI is InChI=1S/C13H18ClNO3S/c1-2-17-13(16)11(15)9-19-8-7-18-12-6-4-3-5-10(12)14/h3-6,11H,2,7-9,15H2,1H3. The van der Waals surface area contributed by atoms with Gasteiger partial charge < -0.3 is 15.2 Å². The van der Waals surface area contributed by atoms with Crippen LogP contribution in [-0.4, -0.2) is 36.7 Å². The minimum absolute atomic E-state index is 0.354. The number of hydrogen-bond donors (Lipinski definition) is 1. The smallest absolute Gasteiger partial charge is 0.323 e. The van der Waals surface area contributed by atoms with Crippen LogP contribution in [0, 0.1) is 0 Å². The highest BCUT2D eigenvalue weighted by Gasteiger charge is 2.13. The molecule has 1 aromatic rings. The van der Waals surface area contributed by atoms with E-state index in [2.05, 4.69) is 0 Å². The predicted octanol–water partition coefficient (Wildman–Crippen LogP) is 2.34. The Hall–Kier alpha value is -0.910. The number of hydrogen-bond acceptors (Lipinski definition) is 5. The Morgan fingerprint density at radius 2 is 2.21 bits per heavy atom. The van der Waals surface area contributed by atoms with Crippen molar-refractivity contribution < 1.29 is 14.3 Å². The summed E-state index contributed by atoms with van der Waals surface area (Å²) in [5, 5.41) is 0.593. The first-order valence-electron chi connectivity index (χ1n) is 6.02. The van der Waals surface area contributed by atoms with Gasteiger partial charge in [0.15, 0.2) is 0 Å². The second-order valence-electron chi connectivity index (χ2n) is 3.71. The number of thioether (sulfide) groups is 1. The highest BCUT2D eigenvalue weighted by molar-refractivity contribution is 7.99. The van der Waals surface area contributed by atoms with Crippen molar-refractivity contribution in [1.82, 2.24) is 0 Å². The molecule has 1 atom stereocenters. The van der Waals surface area contributed by atoms with Gasteiger partial charge in [-0.1, -0.05) is 23.7 Å². The van der Waals surface area contributed by atoms with E-state index in [-0.39, 0.29) is 5.97 Å². The van der Waals surface area contributed by atoms with E-state index in [1.807, 2.05) is 18.2 Å². The van der Waals surface area contributed by atoms with Crippen molar-refractivity contribution in [1.29, 1.82) is 0 Å². The molecule has 1 unspecified atom stereocenters. The van der Waals surface area contributed by atoms with Crippen LogP contribution in [0.4, 0.5) is 0 Å². The number of nitrogens with two attached hydrogens (primary N) is 1. The summed E-state index contributed by atoms with van der Waals surface area (Å²) in [6.45, 7) is 2.63. The molecule has 0 aliphatic heterocycles. The Labute approximate surface area is 122 Å². The third kappa shape index (κ3) is 6.18. The maximum atomic E-state index is 11.3. The number of esters is 1. The van der Waals surface area contributed by atoms with Crippen LogP contribution in [0.15, 0.2) is 24.3 Å². The number of carbonyl (C=O) groups excluding carboxylic acids is 1. The second-order valence-corrected chi connectivity index (χ2v) is 5.27. The molecule has 1 aromatic carbocycles. The number of ether oxygens (including phenoxy) is 2. The van der Waals surface area contributed by atoms with E-state index in [1.165, 1.54) is 0 Å². The van der Waals surface area contributed by atoms with Crippen LogP contribution in [0.3, 0.4) is 0 Å². The van der Waals surface area contributed by atoms with Gasteiger partial charge in [0, 0.05) is 11.5 Å². The Bertz CT molecular complexity index is 403. The lowest BCUT2D eigenvalue weighted by Crippen LogP contribution is -2.34. The van der Waals surface area contributed by atoms with Crippen molar-refractivity contribution in [2.24, 2.45) is 5.73 Å². The molecule has 6 heteroatoms. The summed E-state index contributed by atoms with van der Waals surface area (Å²) in [6, 6.07) is 6.73. The summed E-state index contributed by atoms with van der Waals surface area (Å²) < 4.78 is 10.3. The Kier molecular flexibility index (Phi) is 7.70. The van der Waals surface area contributed by atoms with Gasteiger partial charge in [-0.15, -0.1) is 0 Å². The monoisotopic (exact) mass is 303 g/mol. The quantitative estimate of drug-likeness (QED) is 0.590. The van der Waals surface area contributed by atoms with Gasteiger partial charge in [0.25, 0.3) is 0 Å².